The van der Waals surface area contributed by atoms with Crippen LogP contribution < -0.4 is 29.8 Å². The van der Waals surface area contributed by atoms with Gasteiger partial charge in [-0.15, -0.1) is 0 Å². The second kappa shape index (κ2) is 10.3. The van der Waals surface area contributed by atoms with E-state index < -0.39 is 5.63 Å². The van der Waals surface area contributed by atoms with Crippen molar-refractivity contribution >= 4 is 35.0 Å². The van der Waals surface area contributed by atoms with Crippen LogP contribution in [0.3, 0.4) is 0 Å². The van der Waals surface area contributed by atoms with E-state index in [1.807, 2.05) is 0 Å². The Kier molecular flexibility index (Phi) is 7.48. The lowest BCUT2D eigenvalue weighted by Crippen LogP contribution is -2.36. The number of methoxy groups -OCH3 is 3. The van der Waals surface area contributed by atoms with Crippen LogP contribution in [0.25, 0.3) is 5.69 Å². The maximum Gasteiger partial charge on any atom is 0.442 e. The quantitative estimate of drug-likeness (QED) is 0.368. The van der Waals surface area contributed by atoms with Gasteiger partial charge in [-0.05, 0) is 39.9 Å². The number of aromatic nitrogens is 2. The van der Waals surface area contributed by atoms with E-state index in [-0.39, 0.29) is 12.3 Å². The third kappa shape index (κ3) is 5.33. The molecule has 2 N–H and O–H groups in total. The molecule has 0 saturated heterocycles. The lowest BCUT2D eigenvalue weighted by molar-refractivity contribution is -0.704. The van der Waals surface area contributed by atoms with E-state index in [1.165, 1.54) is 30.7 Å². The molecule has 0 unspecified atom stereocenters. The number of anilines is 1. The summed E-state index contributed by atoms with van der Waals surface area (Å²) in [6.45, 7) is 0. The third-order valence-electron chi connectivity index (χ3n) is 4.25. The number of H-pyrrole nitrogens is 1. The summed E-state index contributed by atoms with van der Waals surface area (Å²) < 4.78 is 22.0. The van der Waals surface area contributed by atoms with Crippen LogP contribution in [0.2, 0.25) is 5.02 Å². The van der Waals surface area contributed by atoms with E-state index in [4.69, 9.17) is 30.3 Å². The highest BCUT2D eigenvalue weighted by Gasteiger charge is 2.24. The largest absolute Gasteiger partial charge is 0.497 e. The maximum atomic E-state index is 12.4. The van der Waals surface area contributed by atoms with Gasteiger partial charge in [-0.2, -0.15) is 0 Å². The standard InChI is InChI=1S/C20H20ClN3O6S/c1-27-13-6-4-12(5-7-13)24-19(20(26)30-23-24)31-9-8-18(25)22-15-10-14(21)16(28-2)11-17(15)29-3/h4-7,10-11H,8-9H2,1-3H3,(H-,22,23,25,26)/p+1. The van der Waals surface area contributed by atoms with Gasteiger partial charge in [0.05, 0.1) is 32.0 Å². The Balaban J connectivity index is 1.65. The molecule has 0 aliphatic heterocycles. The number of carbonyl (C=O) groups is 1. The highest BCUT2D eigenvalue weighted by atomic mass is 35.5. The van der Waals surface area contributed by atoms with Gasteiger partial charge in [-0.1, -0.05) is 11.6 Å². The molecule has 0 saturated carbocycles. The fourth-order valence-electron chi connectivity index (χ4n) is 2.70. The zero-order valence-electron chi connectivity index (χ0n) is 17.1. The molecule has 0 bridgehead atoms. The minimum atomic E-state index is -0.523. The second-order valence-electron chi connectivity index (χ2n) is 6.15. The number of nitrogens with one attached hydrogen (secondary N) is 2. The first kappa shape index (κ1) is 22.6. The molecule has 2 aromatic carbocycles. The number of carbonyl (C=O) groups excluding carboxylic acids is 1. The van der Waals surface area contributed by atoms with Crippen LogP contribution in [0.5, 0.6) is 17.2 Å². The number of ether oxygens (including phenoxy) is 3. The van der Waals surface area contributed by atoms with Crippen LogP contribution in [0.4, 0.5) is 5.69 Å². The molecule has 0 aliphatic carbocycles. The van der Waals surface area contributed by atoms with E-state index in [9.17, 15) is 9.59 Å². The number of halogens is 1. The zero-order valence-corrected chi connectivity index (χ0v) is 18.6. The molecular formula is C20H21ClN3O6S+. The monoisotopic (exact) mass is 466 g/mol. The average molecular weight is 467 g/mol. The number of thioether (sulfide) groups is 1. The van der Waals surface area contributed by atoms with Crippen molar-refractivity contribution < 1.29 is 28.2 Å². The van der Waals surface area contributed by atoms with E-state index in [1.54, 1.807) is 43.5 Å². The molecule has 31 heavy (non-hydrogen) atoms. The first-order valence-electron chi connectivity index (χ1n) is 9.09. The van der Waals surface area contributed by atoms with Crippen molar-refractivity contribution in [2.75, 3.05) is 32.4 Å². The number of hydrogen-bond donors (Lipinski definition) is 2. The van der Waals surface area contributed by atoms with Crippen molar-refractivity contribution in [2.24, 2.45) is 0 Å². The van der Waals surface area contributed by atoms with Gasteiger partial charge in [-0.3, -0.25) is 9.32 Å². The molecule has 1 amide bonds. The van der Waals surface area contributed by atoms with E-state index in [2.05, 4.69) is 10.6 Å². The van der Waals surface area contributed by atoms with Crippen molar-refractivity contribution in [1.82, 2.24) is 5.27 Å². The van der Waals surface area contributed by atoms with Gasteiger partial charge >= 0.3 is 10.7 Å². The fraction of sp³-hybridized carbons (Fsp3) is 0.250. The molecule has 3 aromatic rings. The summed E-state index contributed by atoms with van der Waals surface area (Å²) in [4.78, 5) is 24.5. The van der Waals surface area contributed by atoms with Crippen molar-refractivity contribution in [2.45, 2.75) is 11.4 Å². The molecule has 11 heteroatoms. The number of rotatable bonds is 9. The zero-order chi connectivity index (χ0) is 22.4. The molecule has 0 fully saturated rings. The molecule has 3 rings (SSSR count). The van der Waals surface area contributed by atoms with E-state index in [0.717, 1.165) is 0 Å². The molecular weight excluding hydrogens is 446 g/mol. The topological polar surface area (TPSA) is 107 Å². The molecule has 0 spiro atoms. The average Bonchev–Trinajstić information content (AvgIpc) is 3.14. The Morgan fingerprint density at radius 2 is 1.84 bits per heavy atom. The van der Waals surface area contributed by atoms with Gasteiger partial charge in [0.1, 0.15) is 17.2 Å². The van der Waals surface area contributed by atoms with Gasteiger partial charge < -0.3 is 19.5 Å². The molecule has 1 aromatic heterocycles. The van der Waals surface area contributed by atoms with Gasteiger partial charge in [0.25, 0.3) is 0 Å². The minimum Gasteiger partial charge on any atom is -0.497 e. The summed E-state index contributed by atoms with van der Waals surface area (Å²) in [5.74, 6) is 1.63. The van der Waals surface area contributed by atoms with Crippen LogP contribution in [-0.2, 0) is 4.79 Å². The minimum absolute atomic E-state index is 0.144. The predicted octanol–water partition coefficient (Wildman–Crippen LogP) is 3.04. The summed E-state index contributed by atoms with van der Waals surface area (Å²) in [5.41, 5.74) is 0.596. The Morgan fingerprint density at radius 3 is 2.48 bits per heavy atom. The van der Waals surface area contributed by atoms with Crippen LogP contribution in [0.1, 0.15) is 6.42 Å². The summed E-state index contributed by atoms with van der Waals surface area (Å²) in [7, 11) is 4.55. The fourth-order valence-corrected chi connectivity index (χ4v) is 3.85. The summed E-state index contributed by atoms with van der Waals surface area (Å²) in [6, 6.07) is 10.2. The highest BCUT2D eigenvalue weighted by molar-refractivity contribution is 7.99. The first-order valence-corrected chi connectivity index (χ1v) is 10.4. The smallest absolute Gasteiger partial charge is 0.442 e. The van der Waals surface area contributed by atoms with Gasteiger partial charge in [0.15, 0.2) is 0 Å². The van der Waals surface area contributed by atoms with Crippen LogP contribution in [0.15, 0.2) is 50.7 Å². The molecule has 0 atom stereocenters. The Hall–Kier alpha value is -3.11. The lowest BCUT2D eigenvalue weighted by Gasteiger charge is -2.12. The maximum absolute atomic E-state index is 12.4. The van der Waals surface area contributed by atoms with Crippen LogP contribution in [-0.4, -0.2) is 38.3 Å². The third-order valence-corrected chi connectivity index (χ3v) is 5.58. The molecule has 0 aliphatic rings. The molecule has 1 heterocycles. The summed E-state index contributed by atoms with van der Waals surface area (Å²) in [5, 5.41) is 5.99. The SMILES string of the molecule is COc1ccc(-[n+]2[nH]oc(=O)c2SCCC(=O)Nc2cc(Cl)c(OC)cc2OC)cc1. The van der Waals surface area contributed by atoms with Crippen molar-refractivity contribution in [3.8, 4) is 22.9 Å². The number of nitrogens with zero attached hydrogens (tertiary/aromatic N) is 1. The Labute approximate surface area is 187 Å². The van der Waals surface area contributed by atoms with Crippen LogP contribution >= 0.6 is 23.4 Å². The van der Waals surface area contributed by atoms with E-state index >= 15 is 0 Å². The lowest BCUT2D eigenvalue weighted by atomic mass is 10.2. The van der Waals surface area contributed by atoms with Crippen molar-refractivity contribution in [3.63, 3.8) is 0 Å². The van der Waals surface area contributed by atoms with Crippen molar-refractivity contribution in [1.29, 1.82) is 0 Å². The molecule has 164 valence electrons. The highest BCUT2D eigenvalue weighted by Crippen LogP contribution is 2.36. The van der Waals surface area contributed by atoms with Gasteiger partial charge in [-0.25, -0.2) is 4.79 Å². The second-order valence-corrected chi connectivity index (χ2v) is 7.64. The predicted molar refractivity (Wildman–Crippen MR) is 116 cm³/mol. The molecule has 0 radical (unpaired) electrons. The Bertz CT molecular complexity index is 1110. The Morgan fingerprint density at radius 1 is 1.13 bits per heavy atom. The molecule has 9 nitrogen and oxygen atoms in total. The van der Waals surface area contributed by atoms with E-state index in [0.29, 0.717) is 44.4 Å². The van der Waals surface area contributed by atoms with Crippen LogP contribution in [0, 0.1) is 0 Å². The summed E-state index contributed by atoms with van der Waals surface area (Å²) in [6.07, 6.45) is 0.144. The number of aromatic amines is 1. The number of benzene rings is 2. The van der Waals surface area contributed by atoms with Gasteiger partial charge in [0.2, 0.25) is 11.6 Å². The van der Waals surface area contributed by atoms with Gasteiger partial charge in [0, 0.05) is 30.4 Å². The summed E-state index contributed by atoms with van der Waals surface area (Å²) >= 11 is 7.33. The number of amides is 1. The first-order chi connectivity index (χ1) is 15.0. The normalized spacial score (nSPS) is 10.6. The number of hydrogen-bond acceptors (Lipinski definition) is 7. The van der Waals surface area contributed by atoms with Crippen molar-refractivity contribution in [3.05, 3.63) is 51.8 Å².